The van der Waals surface area contributed by atoms with Gasteiger partial charge in [-0.05, 0) is 52.1 Å². The Morgan fingerprint density at radius 1 is 1.37 bits per heavy atom. The first-order valence-corrected chi connectivity index (χ1v) is 7.73. The number of hydrogen-bond acceptors (Lipinski definition) is 3. The van der Waals surface area contributed by atoms with Gasteiger partial charge in [0.2, 0.25) is 0 Å². The minimum absolute atomic E-state index is 0.530. The average molecular weight is 262 g/mol. The van der Waals surface area contributed by atoms with E-state index in [2.05, 4.69) is 39.9 Å². The maximum Gasteiger partial charge on any atom is 0.0948 e. The molecule has 0 amide bonds. The lowest BCUT2D eigenvalue weighted by atomic mass is 9.87. The second-order valence-corrected chi connectivity index (χ2v) is 6.11. The summed E-state index contributed by atoms with van der Waals surface area (Å²) in [5.74, 6) is 0.723. The van der Waals surface area contributed by atoms with Crippen LogP contribution >= 0.6 is 0 Å². The highest BCUT2D eigenvalue weighted by Crippen LogP contribution is 2.35. The summed E-state index contributed by atoms with van der Waals surface area (Å²) in [6.07, 6.45) is 9.46. The molecular formula is C15H26N4. The van der Waals surface area contributed by atoms with Crippen LogP contribution < -0.4 is 5.32 Å². The monoisotopic (exact) mass is 262 g/mol. The van der Waals surface area contributed by atoms with Crippen LogP contribution in [0, 0.1) is 5.92 Å². The lowest BCUT2D eigenvalue weighted by molar-refractivity contribution is 0.113. The van der Waals surface area contributed by atoms with Crippen LogP contribution in [0.4, 0.5) is 0 Å². The van der Waals surface area contributed by atoms with E-state index in [-0.39, 0.29) is 0 Å². The van der Waals surface area contributed by atoms with Gasteiger partial charge in [-0.3, -0.25) is 4.90 Å². The minimum atomic E-state index is 0.530. The normalized spacial score (nSPS) is 28.7. The molecule has 2 unspecified atom stereocenters. The lowest BCUT2D eigenvalue weighted by Crippen LogP contribution is -2.41. The Kier molecular flexibility index (Phi) is 3.89. The van der Waals surface area contributed by atoms with E-state index >= 15 is 0 Å². The molecule has 0 bridgehead atoms. The van der Waals surface area contributed by atoms with Gasteiger partial charge in [0.05, 0.1) is 18.1 Å². The van der Waals surface area contributed by atoms with E-state index in [1.807, 2.05) is 6.33 Å². The van der Waals surface area contributed by atoms with Gasteiger partial charge in [-0.2, -0.15) is 0 Å². The van der Waals surface area contributed by atoms with Crippen LogP contribution in [0.25, 0.3) is 0 Å². The summed E-state index contributed by atoms with van der Waals surface area (Å²) in [5, 5.41) is 3.72. The van der Waals surface area contributed by atoms with Crippen molar-refractivity contribution < 1.29 is 0 Å². The van der Waals surface area contributed by atoms with Gasteiger partial charge in [0.25, 0.3) is 0 Å². The van der Waals surface area contributed by atoms with Crippen LogP contribution in [-0.2, 0) is 6.54 Å². The number of nitrogens with one attached hydrogen (secondary N) is 1. The molecular weight excluding hydrogens is 236 g/mol. The number of rotatable bonds is 5. The van der Waals surface area contributed by atoms with Gasteiger partial charge in [-0.15, -0.1) is 0 Å². The summed E-state index contributed by atoms with van der Waals surface area (Å²) in [4.78, 5) is 6.88. The lowest BCUT2D eigenvalue weighted by Gasteiger charge is -2.39. The minimum Gasteiger partial charge on any atom is -0.333 e. The third-order valence-corrected chi connectivity index (χ3v) is 4.64. The second-order valence-electron chi connectivity index (χ2n) is 6.11. The van der Waals surface area contributed by atoms with E-state index in [0.29, 0.717) is 6.04 Å². The molecule has 1 aliphatic carbocycles. The summed E-state index contributed by atoms with van der Waals surface area (Å²) in [7, 11) is 2.26. The molecule has 1 N–H and O–H groups in total. The molecule has 1 aromatic heterocycles. The summed E-state index contributed by atoms with van der Waals surface area (Å²) < 4.78 is 2.30. The predicted octanol–water partition coefficient (Wildman–Crippen LogP) is 2.04. The molecule has 3 rings (SSSR count). The maximum atomic E-state index is 4.36. The Balaban J connectivity index is 1.75. The molecule has 0 radical (unpaired) electrons. The van der Waals surface area contributed by atoms with Gasteiger partial charge >= 0.3 is 0 Å². The molecule has 4 heteroatoms. The summed E-state index contributed by atoms with van der Waals surface area (Å²) >= 11 is 0. The number of imidazole rings is 1. The molecule has 2 atom stereocenters. The highest BCUT2D eigenvalue weighted by Gasteiger charge is 2.33. The van der Waals surface area contributed by atoms with E-state index in [1.54, 1.807) is 0 Å². The molecule has 1 saturated heterocycles. The fourth-order valence-electron chi connectivity index (χ4n) is 3.39. The van der Waals surface area contributed by atoms with Crippen molar-refractivity contribution in [2.24, 2.45) is 5.92 Å². The van der Waals surface area contributed by atoms with Crippen LogP contribution in [0.5, 0.6) is 0 Å². The van der Waals surface area contributed by atoms with Crippen molar-refractivity contribution in [2.75, 3.05) is 20.1 Å². The van der Waals surface area contributed by atoms with E-state index in [4.69, 9.17) is 0 Å². The standard InChI is InChI=1S/C15H26N4/c1-3-19-11-16-10-14(19)15-12(5-4-8-18(15)2)9-17-13-6-7-13/h10-13,15,17H,3-9H2,1-2H3. The fraction of sp³-hybridized carbons (Fsp3) is 0.800. The van der Waals surface area contributed by atoms with Crippen molar-refractivity contribution in [3.8, 4) is 0 Å². The molecule has 2 fully saturated rings. The zero-order chi connectivity index (χ0) is 13.2. The molecule has 4 nitrogen and oxygen atoms in total. The predicted molar refractivity (Wildman–Crippen MR) is 77.0 cm³/mol. The Hall–Kier alpha value is -0.870. The zero-order valence-corrected chi connectivity index (χ0v) is 12.2. The summed E-state index contributed by atoms with van der Waals surface area (Å²) in [6, 6.07) is 1.34. The fourth-order valence-corrected chi connectivity index (χ4v) is 3.39. The van der Waals surface area contributed by atoms with Crippen molar-refractivity contribution in [1.82, 2.24) is 19.8 Å². The zero-order valence-electron chi connectivity index (χ0n) is 12.2. The summed E-state index contributed by atoms with van der Waals surface area (Å²) in [6.45, 7) is 5.59. The highest BCUT2D eigenvalue weighted by molar-refractivity contribution is 5.09. The molecule has 1 aromatic rings. The van der Waals surface area contributed by atoms with Crippen molar-refractivity contribution in [3.63, 3.8) is 0 Å². The molecule has 1 aliphatic heterocycles. The SMILES string of the molecule is CCn1cncc1C1C(CNC2CC2)CCCN1C. The molecule has 0 spiro atoms. The van der Waals surface area contributed by atoms with E-state index in [0.717, 1.165) is 25.0 Å². The van der Waals surface area contributed by atoms with Gasteiger partial charge in [0.15, 0.2) is 0 Å². The van der Waals surface area contributed by atoms with Crippen molar-refractivity contribution in [3.05, 3.63) is 18.2 Å². The molecule has 0 aromatic carbocycles. The first kappa shape index (κ1) is 13.1. The molecule has 19 heavy (non-hydrogen) atoms. The van der Waals surface area contributed by atoms with E-state index in [1.165, 1.54) is 37.9 Å². The Bertz CT molecular complexity index is 410. The van der Waals surface area contributed by atoms with Gasteiger partial charge in [-0.25, -0.2) is 4.98 Å². The van der Waals surface area contributed by atoms with Crippen molar-refractivity contribution in [2.45, 2.75) is 51.2 Å². The van der Waals surface area contributed by atoms with E-state index < -0.39 is 0 Å². The smallest absolute Gasteiger partial charge is 0.0948 e. The van der Waals surface area contributed by atoms with Crippen LogP contribution in [0.2, 0.25) is 0 Å². The third-order valence-electron chi connectivity index (χ3n) is 4.64. The first-order chi connectivity index (χ1) is 9.29. The molecule has 2 aliphatic rings. The number of hydrogen-bond donors (Lipinski definition) is 1. The van der Waals surface area contributed by atoms with Crippen molar-refractivity contribution in [1.29, 1.82) is 0 Å². The summed E-state index contributed by atoms with van der Waals surface area (Å²) in [5.41, 5.74) is 1.40. The van der Waals surface area contributed by atoms with Gasteiger partial charge in [0.1, 0.15) is 0 Å². The van der Waals surface area contributed by atoms with Crippen molar-refractivity contribution >= 4 is 0 Å². The number of aryl methyl sites for hydroxylation is 1. The second kappa shape index (κ2) is 5.63. The Morgan fingerprint density at radius 2 is 2.21 bits per heavy atom. The first-order valence-electron chi connectivity index (χ1n) is 7.73. The largest absolute Gasteiger partial charge is 0.333 e. The van der Waals surface area contributed by atoms with Crippen LogP contribution in [0.1, 0.15) is 44.3 Å². The Morgan fingerprint density at radius 3 is 2.95 bits per heavy atom. The molecule has 2 heterocycles. The van der Waals surface area contributed by atoms with Gasteiger partial charge < -0.3 is 9.88 Å². The van der Waals surface area contributed by atoms with Crippen LogP contribution in [-0.4, -0.2) is 40.6 Å². The Labute approximate surface area is 116 Å². The van der Waals surface area contributed by atoms with E-state index in [9.17, 15) is 0 Å². The maximum absolute atomic E-state index is 4.36. The molecule has 106 valence electrons. The van der Waals surface area contributed by atoms with Crippen LogP contribution in [0.3, 0.4) is 0 Å². The highest BCUT2D eigenvalue weighted by atomic mass is 15.2. The van der Waals surface area contributed by atoms with Gasteiger partial charge in [0, 0.05) is 25.3 Å². The average Bonchev–Trinajstić information content (AvgIpc) is 3.13. The quantitative estimate of drug-likeness (QED) is 0.881. The number of likely N-dealkylation sites (tertiary alicyclic amines) is 1. The number of piperidine rings is 1. The van der Waals surface area contributed by atoms with Crippen LogP contribution in [0.15, 0.2) is 12.5 Å². The topological polar surface area (TPSA) is 33.1 Å². The number of aromatic nitrogens is 2. The third kappa shape index (κ3) is 2.84. The molecule has 1 saturated carbocycles. The van der Waals surface area contributed by atoms with Gasteiger partial charge in [-0.1, -0.05) is 0 Å². The number of nitrogens with zero attached hydrogens (tertiary/aromatic N) is 3.